The van der Waals surface area contributed by atoms with Gasteiger partial charge in [-0.25, -0.2) is 0 Å². The van der Waals surface area contributed by atoms with E-state index in [-0.39, 0.29) is 0 Å². The molecular weight excluding hydrogens is 142 g/mol. The molecule has 0 saturated carbocycles. The number of rotatable bonds is 3. The topological polar surface area (TPSA) is 33.5 Å². The van der Waals surface area contributed by atoms with Crippen LogP contribution in [0.1, 0.15) is 17.5 Å². The second-order valence-corrected chi connectivity index (χ2v) is 2.31. The fourth-order valence-electron chi connectivity index (χ4n) is 0.767. The summed E-state index contributed by atoms with van der Waals surface area (Å²) >= 11 is 0. The number of carbonyl (C=O) groups is 1. The monoisotopic (exact) mass is 153 g/mol. The molecule has 3 nitrogen and oxygen atoms in total. The molecule has 0 radical (unpaired) electrons. The average molecular weight is 153 g/mol. The van der Waals surface area contributed by atoms with Gasteiger partial charge in [0.05, 0.1) is 0 Å². The fraction of sp³-hybridized carbons (Fsp3) is 0.375. The van der Waals surface area contributed by atoms with E-state index in [1.165, 1.54) is 0 Å². The minimum absolute atomic E-state index is 0.375. The molecule has 0 spiro atoms. The third kappa shape index (κ3) is 1.61. The molecule has 0 fully saturated rings. The van der Waals surface area contributed by atoms with Crippen LogP contribution in [0.3, 0.4) is 0 Å². The molecule has 1 heterocycles. The smallest absolute Gasteiger partial charge is 0.196 e. The van der Waals surface area contributed by atoms with Gasteiger partial charge in [-0.3, -0.25) is 4.79 Å². The zero-order valence-electron chi connectivity index (χ0n) is 6.70. The van der Waals surface area contributed by atoms with Gasteiger partial charge in [0.1, 0.15) is 0 Å². The van der Waals surface area contributed by atoms with E-state index < -0.39 is 0 Å². The predicted molar refractivity (Wildman–Crippen MR) is 43.0 cm³/mol. The Bertz CT molecular complexity index is 242. The number of anilines is 1. The molecule has 3 heteroatoms. The quantitative estimate of drug-likeness (QED) is 0.618. The number of carbonyl (C=O) groups excluding carboxylic acids is 1. The average Bonchev–Trinajstić information content (AvgIpc) is 2.50. The third-order valence-corrected chi connectivity index (χ3v) is 1.58. The summed E-state index contributed by atoms with van der Waals surface area (Å²) in [4.78, 5) is 12.1. The normalized spacial score (nSPS) is 9.64. The highest BCUT2D eigenvalue weighted by Gasteiger charge is 2.02. The van der Waals surface area contributed by atoms with Crippen LogP contribution in [0.25, 0.3) is 0 Å². The zero-order chi connectivity index (χ0) is 8.27. The van der Waals surface area contributed by atoms with Crippen LogP contribution in [-0.2, 0) is 0 Å². The Balaban J connectivity index is 2.79. The molecule has 0 N–H and O–H groups in total. The summed E-state index contributed by atoms with van der Waals surface area (Å²) in [6.45, 7) is 2.88. The van der Waals surface area contributed by atoms with Crippen LogP contribution in [0.4, 0.5) is 5.88 Å². The van der Waals surface area contributed by atoms with Crippen LogP contribution < -0.4 is 4.90 Å². The van der Waals surface area contributed by atoms with Gasteiger partial charge in [-0.2, -0.15) is 0 Å². The van der Waals surface area contributed by atoms with E-state index in [0.29, 0.717) is 12.0 Å². The van der Waals surface area contributed by atoms with Gasteiger partial charge in [0.2, 0.25) is 0 Å². The van der Waals surface area contributed by atoms with Crippen molar-refractivity contribution in [3.8, 4) is 0 Å². The first kappa shape index (κ1) is 7.85. The number of hydrogen-bond donors (Lipinski definition) is 0. The number of furan rings is 1. The second-order valence-electron chi connectivity index (χ2n) is 2.31. The highest BCUT2D eigenvalue weighted by atomic mass is 16.4. The minimum atomic E-state index is 0.375. The first-order chi connectivity index (χ1) is 5.27. The first-order valence-corrected chi connectivity index (χ1v) is 3.54. The Hall–Kier alpha value is -1.25. The van der Waals surface area contributed by atoms with Crippen molar-refractivity contribution in [2.45, 2.75) is 6.92 Å². The maximum absolute atomic E-state index is 10.2. The molecule has 0 saturated heterocycles. The second kappa shape index (κ2) is 3.23. The molecule has 0 aromatic carbocycles. The highest BCUT2D eigenvalue weighted by molar-refractivity contribution is 5.71. The first-order valence-electron chi connectivity index (χ1n) is 3.54. The summed E-state index contributed by atoms with van der Waals surface area (Å²) < 4.78 is 5.14. The van der Waals surface area contributed by atoms with Crippen molar-refractivity contribution in [3.05, 3.63) is 17.9 Å². The van der Waals surface area contributed by atoms with Crippen LogP contribution in [0.15, 0.2) is 16.5 Å². The predicted octanol–water partition coefficient (Wildman–Crippen LogP) is 1.55. The Kier molecular flexibility index (Phi) is 2.31. The van der Waals surface area contributed by atoms with E-state index in [0.717, 1.165) is 12.4 Å². The molecule has 1 aromatic heterocycles. The minimum Gasteiger partial charge on any atom is -0.438 e. The van der Waals surface area contributed by atoms with Gasteiger partial charge in [-0.15, -0.1) is 0 Å². The molecule has 1 rings (SSSR count). The van der Waals surface area contributed by atoms with Crippen molar-refractivity contribution in [2.75, 3.05) is 18.5 Å². The number of aldehydes is 1. The maximum Gasteiger partial charge on any atom is 0.196 e. The van der Waals surface area contributed by atoms with Crippen molar-refractivity contribution in [2.24, 2.45) is 0 Å². The van der Waals surface area contributed by atoms with E-state index in [1.54, 1.807) is 12.1 Å². The van der Waals surface area contributed by atoms with Crippen molar-refractivity contribution >= 4 is 12.2 Å². The van der Waals surface area contributed by atoms with Gasteiger partial charge in [-0.05, 0) is 13.0 Å². The standard InChI is InChI=1S/C8H11NO2/c1-3-9(2)8-5-4-7(6-10)11-8/h4-6H,3H2,1-2H3. The molecule has 0 unspecified atom stereocenters. The van der Waals surface area contributed by atoms with Crippen molar-refractivity contribution in [1.82, 2.24) is 0 Å². The van der Waals surface area contributed by atoms with Crippen molar-refractivity contribution in [3.63, 3.8) is 0 Å². The zero-order valence-corrected chi connectivity index (χ0v) is 6.70. The van der Waals surface area contributed by atoms with Gasteiger partial charge in [0, 0.05) is 19.7 Å². The summed E-state index contributed by atoms with van der Waals surface area (Å²) in [5, 5.41) is 0. The van der Waals surface area contributed by atoms with E-state index in [1.807, 2.05) is 18.9 Å². The molecule has 0 aliphatic carbocycles. The lowest BCUT2D eigenvalue weighted by atomic mass is 10.5. The number of hydrogen-bond acceptors (Lipinski definition) is 3. The summed E-state index contributed by atoms with van der Waals surface area (Å²) in [6.07, 6.45) is 0.701. The Morgan fingerprint density at radius 1 is 1.64 bits per heavy atom. The molecule has 0 amide bonds. The molecule has 0 aliphatic rings. The molecule has 1 aromatic rings. The molecule has 11 heavy (non-hydrogen) atoms. The van der Waals surface area contributed by atoms with E-state index >= 15 is 0 Å². The van der Waals surface area contributed by atoms with E-state index in [9.17, 15) is 4.79 Å². The van der Waals surface area contributed by atoms with Crippen molar-refractivity contribution in [1.29, 1.82) is 0 Å². The Morgan fingerprint density at radius 3 is 2.82 bits per heavy atom. The molecule has 0 bridgehead atoms. The van der Waals surface area contributed by atoms with E-state index in [4.69, 9.17) is 4.42 Å². The van der Waals surface area contributed by atoms with Crippen LogP contribution in [0.2, 0.25) is 0 Å². The van der Waals surface area contributed by atoms with E-state index in [2.05, 4.69) is 0 Å². The summed E-state index contributed by atoms with van der Waals surface area (Å²) in [5.41, 5.74) is 0. The fourth-order valence-corrected chi connectivity index (χ4v) is 0.767. The summed E-state index contributed by atoms with van der Waals surface area (Å²) in [6, 6.07) is 3.45. The summed E-state index contributed by atoms with van der Waals surface area (Å²) in [5.74, 6) is 1.11. The van der Waals surface area contributed by atoms with Gasteiger partial charge in [0.25, 0.3) is 0 Å². The molecule has 0 aliphatic heterocycles. The highest BCUT2D eigenvalue weighted by Crippen LogP contribution is 2.14. The molecule has 60 valence electrons. The SMILES string of the molecule is CCN(C)c1ccc(C=O)o1. The lowest BCUT2D eigenvalue weighted by Gasteiger charge is -2.11. The largest absolute Gasteiger partial charge is 0.438 e. The van der Waals surface area contributed by atoms with Gasteiger partial charge in [-0.1, -0.05) is 0 Å². The van der Waals surface area contributed by atoms with Gasteiger partial charge >= 0.3 is 0 Å². The molecular formula is C8H11NO2. The lowest BCUT2D eigenvalue weighted by Crippen LogP contribution is -2.14. The Morgan fingerprint density at radius 2 is 2.36 bits per heavy atom. The van der Waals surface area contributed by atoms with Crippen LogP contribution in [0.5, 0.6) is 0 Å². The maximum atomic E-state index is 10.2. The molecule has 0 atom stereocenters. The third-order valence-electron chi connectivity index (χ3n) is 1.58. The van der Waals surface area contributed by atoms with Gasteiger partial charge in [0.15, 0.2) is 17.9 Å². The van der Waals surface area contributed by atoms with Crippen LogP contribution in [-0.4, -0.2) is 19.9 Å². The van der Waals surface area contributed by atoms with Crippen LogP contribution >= 0.6 is 0 Å². The lowest BCUT2D eigenvalue weighted by molar-refractivity contribution is 0.110. The Labute approximate surface area is 65.6 Å². The van der Waals surface area contributed by atoms with Crippen molar-refractivity contribution < 1.29 is 9.21 Å². The van der Waals surface area contributed by atoms with Crippen LogP contribution in [0, 0.1) is 0 Å². The number of nitrogens with zero attached hydrogens (tertiary/aromatic N) is 1. The van der Waals surface area contributed by atoms with Gasteiger partial charge < -0.3 is 9.32 Å². The summed E-state index contributed by atoms with van der Waals surface area (Å²) in [7, 11) is 1.91.